The first kappa shape index (κ1) is 16.1. The molecule has 25 heavy (non-hydrogen) atoms. The molecule has 1 heterocycles. The van der Waals surface area contributed by atoms with E-state index in [1.807, 2.05) is 0 Å². The number of hydrogen-bond acceptors (Lipinski definition) is 1. The van der Waals surface area contributed by atoms with E-state index in [9.17, 15) is 0 Å². The number of nitrogens with zero attached hydrogens (tertiary/aromatic N) is 1. The molecule has 1 aliphatic rings. The molecule has 0 radical (unpaired) electrons. The van der Waals surface area contributed by atoms with Gasteiger partial charge in [-0.05, 0) is 29.2 Å². The lowest BCUT2D eigenvalue weighted by Gasteiger charge is -2.46. The standard InChI is InChI=1S/C24H25N/c1-18-22-15-9-10-16-23(22)19(2)25(17-20-11-5-3-6-12-20)24(18)21-13-7-4-8-14-21/h3-16,18-19,24H,17H2,1-2H3. The van der Waals surface area contributed by atoms with E-state index in [4.69, 9.17) is 0 Å². The van der Waals surface area contributed by atoms with E-state index in [2.05, 4.69) is 104 Å². The smallest absolute Gasteiger partial charge is 0.0423 e. The molecule has 3 aromatic rings. The first-order valence-electron chi connectivity index (χ1n) is 9.19. The molecule has 126 valence electrons. The highest BCUT2D eigenvalue weighted by atomic mass is 15.2. The summed E-state index contributed by atoms with van der Waals surface area (Å²) in [5, 5.41) is 0. The van der Waals surface area contributed by atoms with Gasteiger partial charge in [-0.25, -0.2) is 0 Å². The molecule has 0 saturated heterocycles. The summed E-state index contributed by atoms with van der Waals surface area (Å²) in [4.78, 5) is 2.66. The molecule has 1 aliphatic heterocycles. The Balaban J connectivity index is 1.80. The van der Waals surface area contributed by atoms with Gasteiger partial charge < -0.3 is 0 Å². The van der Waals surface area contributed by atoms with Gasteiger partial charge >= 0.3 is 0 Å². The Morgan fingerprint density at radius 1 is 0.680 bits per heavy atom. The predicted molar refractivity (Wildman–Crippen MR) is 104 cm³/mol. The summed E-state index contributed by atoms with van der Waals surface area (Å²) >= 11 is 0. The van der Waals surface area contributed by atoms with Crippen molar-refractivity contribution < 1.29 is 0 Å². The van der Waals surface area contributed by atoms with E-state index in [0.717, 1.165) is 6.54 Å². The molecule has 3 unspecified atom stereocenters. The van der Waals surface area contributed by atoms with Crippen molar-refractivity contribution in [2.24, 2.45) is 0 Å². The van der Waals surface area contributed by atoms with Gasteiger partial charge in [0, 0.05) is 24.5 Å². The van der Waals surface area contributed by atoms with Crippen molar-refractivity contribution in [3.05, 3.63) is 107 Å². The fourth-order valence-corrected chi connectivity index (χ4v) is 4.34. The zero-order chi connectivity index (χ0) is 17.2. The largest absolute Gasteiger partial charge is 0.285 e. The molecule has 0 bridgehead atoms. The van der Waals surface area contributed by atoms with E-state index in [1.165, 1.54) is 22.3 Å². The van der Waals surface area contributed by atoms with Crippen molar-refractivity contribution in [2.45, 2.75) is 38.4 Å². The molecule has 0 saturated carbocycles. The molecule has 1 heteroatoms. The first-order valence-corrected chi connectivity index (χ1v) is 9.19. The van der Waals surface area contributed by atoms with Gasteiger partial charge in [0.05, 0.1) is 0 Å². The van der Waals surface area contributed by atoms with E-state index in [0.29, 0.717) is 18.0 Å². The van der Waals surface area contributed by atoms with Crippen LogP contribution in [-0.4, -0.2) is 4.90 Å². The van der Waals surface area contributed by atoms with Crippen LogP contribution in [0.1, 0.15) is 54.1 Å². The molecule has 0 spiro atoms. The first-order chi connectivity index (χ1) is 12.3. The van der Waals surface area contributed by atoms with Crippen LogP contribution in [0.2, 0.25) is 0 Å². The molecule has 3 aromatic carbocycles. The lowest BCUT2D eigenvalue weighted by atomic mass is 9.78. The zero-order valence-corrected chi connectivity index (χ0v) is 15.0. The Hall–Kier alpha value is -2.38. The highest BCUT2D eigenvalue weighted by molar-refractivity contribution is 5.39. The van der Waals surface area contributed by atoms with Crippen molar-refractivity contribution in [1.29, 1.82) is 0 Å². The van der Waals surface area contributed by atoms with E-state index < -0.39 is 0 Å². The Morgan fingerprint density at radius 3 is 1.92 bits per heavy atom. The van der Waals surface area contributed by atoms with E-state index >= 15 is 0 Å². The van der Waals surface area contributed by atoms with Crippen LogP contribution >= 0.6 is 0 Å². The van der Waals surface area contributed by atoms with Gasteiger partial charge in [0.2, 0.25) is 0 Å². The quantitative estimate of drug-likeness (QED) is 0.561. The average Bonchev–Trinajstić information content (AvgIpc) is 2.68. The van der Waals surface area contributed by atoms with Crippen molar-refractivity contribution in [2.75, 3.05) is 0 Å². The number of hydrogen-bond donors (Lipinski definition) is 0. The second-order valence-corrected chi connectivity index (χ2v) is 7.11. The van der Waals surface area contributed by atoms with Crippen molar-refractivity contribution in [1.82, 2.24) is 4.90 Å². The SMILES string of the molecule is CC1c2ccccc2C(C)N(Cc2ccccc2)C1c1ccccc1. The van der Waals surface area contributed by atoms with E-state index in [1.54, 1.807) is 0 Å². The second-order valence-electron chi connectivity index (χ2n) is 7.11. The van der Waals surface area contributed by atoms with Gasteiger partial charge in [0.1, 0.15) is 0 Å². The van der Waals surface area contributed by atoms with Crippen LogP contribution in [0.3, 0.4) is 0 Å². The maximum absolute atomic E-state index is 2.66. The minimum atomic E-state index is 0.395. The third kappa shape index (κ3) is 3.01. The molecular formula is C24H25N. The highest BCUT2D eigenvalue weighted by Crippen LogP contribution is 2.47. The Kier molecular flexibility index (Phi) is 4.42. The zero-order valence-electron chi connectivity index (χ0n) is 15.0. The number of benzene rings is 3. The van der Waals surface area contributed by atoms with Gasteiger partial charge in [-0.2, -0.15) is 0 Å². The topological polar surface area (TPSA) is 3.24 Å². The van der Waals surface area contributed by atoms with E-state index in [-0.39, 0.29) is 0 Å². The van der Waals surface area contributed by atoms with Crippen LogP contribution in [-0.2, 0) is 6.54 Å². The molecule has 4 rings (SSSR count). The minimum Gasteiger partial charge on any atom is -0.285 e. The van der Waals surface area contributed by atoms with Crippen LogP contribution in [0, 0.1) is 0 Å². The predicted octanol–water partition coefficient (Wildman–Crippen LogP) is 6.11. The fraction of sp³-hybridized carbons (Fsp3) is 0.250. The van der Waals surface area contributed by atoms with Crippen LogP contribution in [0.5, 0.6) is 0 Å². The summed E-state index contributed by atoms with van der Waals surface area (Å²) in [5.41, 5.74) is 5.75. The maximum atomic E-state index is 2.66. The van der Waals surface area contributed by atoms with Crippen LogP contribution < -0.4 is 0 Å². The monoisotopic (exact) mass is 327 g/mol. The normalized spacial score (nSPS) is 23.2. The lowest BCUT2D eigenvalue weighted by Crippen LogP contribution is -2.38. The van der Waals surface area contributed by atoms with Gasteiger partial charge in [0.25, 0.3) is 0 Å². The van der Waals surface area contributed by atoms with Crippen LogP contribution in [0.25, 0.3) is 0 Å². The summed E-state index contributed by atoms with van der Waals surface area (Å²) in [6, 6.07) is 31.6. The summed E-state index contributed by atoms with van der Waals surface area (Å²) in [5.74, 6) is 0.471. The number of fused-ring (bicyclic) bond motifs is 1. The molecule has 1 nitrogen and oxygen atoms in total. The Morgan fingerprint density at radius 2 is 1.24 bits per heavy atom. The highest BCUT2D eigenvalue weighted by Gasteiger charge is 2.37. The lowest BCUT2D eigenvalue weighted by molar-refractivity contribution is 0.0995. The molecule has 0 amide bonds. The maximum Gasteiger partial charge on any atom is 0.0423 e. The molecule has 3 atom stereocenters. The van der Waals surface area contributed by atoms with Crippen LogP contribution in [0.4, 0.5) is 0 Å². The van der Waals surface area contributed by atoms with Crippen LogP contribution in [0.15, 0.2) is 84.9 Å². The summed E-state index contributed by atoms with van der Waals surface area (Å²) < 4.78 is 0. The van der Waals surface area contributed by atoms with Crippen molar-refractivity contribution >= 4 is 0 Å². The summed E-state index contributed by atoms with van der Waals surface area (Å²) in [6.07, 6.45) is 0. The van der Waals surface area contributed by atoms with Crippen molar-refractivity contribution in [3.8, 4) is 0 Å². The molecule has 0 N–H and O–H groups in total. The Labute approximate surface area is 150 Å². The van der Waals surface area contributed by atoms with Gasteiger partial charge in [-0.1, -0.05) is 91.9 Å². The van der Waals surface area contributed by atoms with Gasteiger partial charge in [0.15, 0.2) is 0 Å². The third-order valence-electron chi connectivity index (χ3n) is 5.61. The third-order valence-corrected chi connectivity index (χ3v) is 5.61. The fourth-order valence-electron chi connectivity index (χ4n) is 4.34. The molecule has 0 aromatic heterocycles. The molecule has 0 aliphatic carbocycles. The summed E-state index contributed by atoms with van der Waals surface area (Å²) in [7, 11) is 0. The number of rotatable bonds is 3. The molecule has 0 fully saturated rings. The Bertz CT molecular complexity index is 825. The minimum absolute atomic E-state index is 0.395. The summed E-state index contributed by atoms with van der Waals surface area (Å²) in [6.45, 7) is 5.70. The second kappa shape index (κ2) is 6.85. The van der Waals surface area contributed by atoms with Gasteiger partial charge in [-0.3, -0.25) is 4.90 Å². The average molecular weight is 327 g/mol. The van der Waals surface area contributed by atoms with Gasteiger partial charge in [-0.15, -0.1) is 0 Å². The van der Waals surface area contributed by atoms with Crippen molar-refractivity contribution in [3.63, 3.8) is 0 Å². The molecular weight excluding hydrogens is 302 g/mol.